The molecule has 0 fully saturated rings. The molecule has 0 radical (unpaired) electrons. The molecule has 120 valence electrons. The van der Waals surface area contributed by atoms with Gasteiger partial charge in [-0.25, -0.2) is 4.79 Å². The van der Waals surface area contributed by atoms with Crippen molar-refractivity contribution in [2.45, 2.75) is 0 Å². The number of aromatic nitrogens is 1. The minimum absolute atomic E-state index is 0.123. The molecule has 6 heteroatoms. The first-order valence-electron chi connectivity index (χ1n) is 7.16. The summed E-state index contributed by atoms with van der Waals surface area (Å²) in [5.41, 5.74) is 1.37. The van der Waals surface area contributed by atoms with Crippen LogP contribution in [0.1, 0.15) is 20.7 Å². The fourth-order valence-electron chi connectivity index (χ4n) is 2.32. The highest BCUT2D eigenvalue weighted by atomic mass is 16.5. The van der Waals surface area contributed by atoms with E-state index in [1.54, 1.807) is 48.7 Å². The number of aromatic hydroxyl groups is 1. The van der Waals surface area contributed by atoms with Crippen LogP contribution >= 0.6 is 0 Å². The van der Waals surface area contributed by atoms with Crippen LogP contribution in [0.3, 0.4) is 0 Å². The Morgan fingerprint density at radius 2 is 1.83 bits per heavy atom. The van der Waals surface area contributed by atoms with Crippen molar-refractivity contribution in [3.05, 3.63) is 65.9 Å². The summed E-state index contributed by atoms with van der Waals surface area (Å²) in [7, 11) is 1.30. The average molecular weight is 322 g/mol. The Morgan fingerprint density at radius 3 is 2.54 bits per heavy atom. The Hall–Kier alpha value is -3.41. The van der Waals surface area contributed by atoms with Crippen LogP contribution in [0.15, 0.2) is 54.7 Å². The van der Waals surface area contributed by atoms with Crippen LogP contribution in [-0.2, 0) is 4.74 Å². The number of rotatable bonds is 3. The maximum atomic E-state index is 12.4. The van der Waals surface area contributed by atoms with Crippen LogP contribution in [0.25, 0.3) is 10.9 Å². The predicted octanol–water partition coefficient (Wildman–Crippen LogP) is 2.98. The third kappa shape index (κ3) is 2.89. The molecule has 24 heavy (non-hydrogen) atoms. The van der Waals surface area contributed by atoms with Crippen molar-refractivity contribution in [3.8, 4) is 5.75 Å². The largest absolute Gasteiger partial charge is 0.505 e. The molecule has 0 aliphatic carbocycles. The van der Waals surface area contributed by atoms with E-state index in [1.807, 2.05) is 0 Å². The fraction of sp³-hybridized carbons (Fsp3) is 0.0556. The van der Waals surface area contributed by atoms with Crippen LogP contribution in [0, 0.1) is 0 Å². The average Bonchev–Trinajstić information content (AvgIpc) is 2.62. The van der Waals surface area contributed by atoms with Crippen LogP contribution in [0.4, 0.5) is 5.69 Å². The fourth-order valence-corrected chi connectivity index (χ4v) is 2.32. The van der Waals surface area contributed by atoms with Gasteiger partial charge in [-0.3, -0.25) is 9.78 Å². The topological polar surface area (TPSA) is 88.5 Å². The number of ether oxygens (including phenoxy) is 1. The van der Waals surface area contributed by atoms with Gasteiger partial charge in [0.25, 0.3) is 5.91 Å². The molecule has 1 heterocycles. The van der Waals surface area contributed by atoms with Crippen molar-refractivity contribution < 1.29 is 19.4 Å². The Morgan fingerprint density at radius 1 is 1.08 bits per heavy atom. The van der Waals surface area contributed by atoms with Crippen LogP contribution in [0.5, 0.6) is 5.75 Å². The van der Waals surface area contributed by atoms with Crippen molar-refractivity contribution in [3.63, 3.8) is 0 Å². The standard InChI is InChI=1S/C18H14N2O4/c1-24-18(23)12-4-7-13(8-5-12)20-17(22)14-9-6-11-3-2-10-19-15(11)16(14)21/h2-10,21H,1H3,(H,20,22). The second-order valence-electron chi connectivity index (χ2n) is 5.06. The second kappa shape index (κ2) is 6.37. The van der Waals surface area contributed by atoms with Crippen molar-refractivity contribution in [1.29, 1.82) is 0 Å². The van der Waals surface area contributed by atoms with Crippen LogP contribution < -0.4 is 5.32 Å². The number of phenols is 1. The number of amides is 1. The van der Waals surface area contributed by atoms with Gasteiger partial charge in [0, 0.05) is 17.3 Å². The molecule has 0 spiro atoms. The van der Waals surface area contributed by atoms with E-state index in [-0.39, 0.29) is 11.3 Å². The van der Waals surface area contributed by atoms with E-state index in [1.165, 1.54) is 13.2 Å². The minimum Gasteiger partial charge on any atom is -0.505 e. The number of nitrogens with one attached hydrogen (secondary N) is 1. The Kier molecular flexibility index (Phi) is 4.11. The van der Waals surface area contributed by atoms with Gasteiger partial charge in [-0.2, -0.15) is 0 Å². The van der Waals surface area contributed by atoms with Crippen molar-refractivity contribution in [1.82, 2.24) is 4.98 Å². The number of pyridine rings is 1. The van der Waals surface area contributed by atoms with Gasteiger partial charge in [-0.15, -0.1) is 0 Å². The van der Waals surface area contributed by atoms with E-state index >= 15 is 0 Å². The lowest BCUT2D eigenvalue weighted by atomic mass is 10.1. The summed E-state index contributed by atoms with van der Waals surface area (Å²) in [6.45, 7) is 0. The lowest BCUT2D eigenvalue weighted by molar-refractivity contribution is 0.0600. The number of nitrogens with zero attached hydrogens (tertiary/aromatic N) is 1. The van der Waals surface area contributed by atoms with Gasteiger partial charge < -0.3 is 15.2 Å². The summed E-state index contributed by atoms with van der Waals surface area (Å²) >= 11 is 0. The number of hydrogen-bond acceptors (Lipinski definition) is 5. The van der Waals surface area contributed by atoms with E-state index in [9.17, 15) is 14.7 Å². The number of esters is 1. The van der Waals surface area contributed by atoms with Gasteiger partial charge in [0.1, 0.15) is 5.52 Å². The van der Waals surface area contributed by atoms with Gasteiger partial charge in [0.05, 0.1) is 18.2 Å². The van der Waals surface area contributed by atoms with E-state index in [0.29, 0.717) is 16.8 Å². The number of fused-ring (bicyclic) bond motifs is 1. The molecule has 0 atom stereocenters. The second-order valence-corrected chi connectivity index (χ2v) is 5.06. The zero-order chi connectivity index (χ0) is 17.1. The molecule has 3 rings (SSSR count). The number of carbonyl (C=O) groups is 2. The molecule has 3 aromatic rings. The number of benzene rings is 2. The summed E-state index contributed by atoms with van der Waals surface area (Å²) in [6, 6.07) is 13.1. The molecule has 2 N–H and O–H groups in total. The molecule has 6 nitrogen and oxygen atoms in total. The molecule has 0 aliphatic rings. The number of anilines is 1. The van der Waals surface area contributed by atoms with Crippen molar-refractivity contribution in [2.24, 2.45) is 0 Å². The molecular weight excluding hydrogens is 308 g/mol. The lowest BCUT2D eigenvalue weighted by Gasteiger charge is -2.09. The number of hydrogen-bond donors (Lipinski definition) is 2. The summed E-state index contributed by atoms with van der Waals surface area (Å²) in [5, 5.41) is 13.7. The number of methoxy groups -OCH3 is 1. The maximum Gasteiger partial charge on any atom is 0.337 e. The Balaban J connectivity index is 1.85. The van der Waals surface area contributed by atoms with Gasteiger partial charge >= 0.3 is 5.97 Å². The molecule has 0 aliphatic heterocycles. The van der Waals surface area contributed by atoms with Crippen molar-refractivity contribution in [2.75, 3.05) is 12.4 Å². The summed E-state index contributed by atoms with van der Waals surface area (Å²) < 4.78 is 4.62. The quantitative estimate of drug-likeness (QED) is 0.724. The monoisotopic (exact) mass is 322 g/mol. The predicted molar refractivity (Wildman–Crippen MR) is 89.1 cm³/mol. The first kappa shape index (κ1) is 15.5. The van der Waals surface area contributed by atoms with E-state index in [0.717, 1.165) is 5.39 Å². The molecule has 0 unspecified atom stereocenters. The minimum atomic E-state index is -0.467. The highest BCUT2D eigenvalue weighted by Crippen LogP contribution is 2.27. The molecule has 2 aromatic carbocycles. The maximum absolute atomic E-state index is 12.4. The molecule has 0 bridgehead atoms. The van der Waals surface area contributed by atoms with Crippen molar-refractivity contribution >= 4 is 28.5 Å². The molecule has 0 saturated heterocycles. The third-order valence-corrected chi connectivity index (χ3v) is 3.56. The summed E-state index contributed by atoms with van der Waals surface area (Å²) in [6.07, 6.45) is 1.55. The first-order chi connectivity index (χ1) is 11.6. The van der Waals surface area contributed by atoms with E-state index in [2.05, 4.69) is 15.0 Å². The van der Waals surface area contributed by atoms with Crippen LogP contribution in [0.2, 0.25) is 0 Å². The number of phenolic OH excluding ortho intramolecular Hbond substituents is 1. The Labute approximate surface area is 137 Å². The SMILES string of the molecule is COC(=O)c1ccc(NC(=O)c2ccc3cccnc3c2O)cc1. The first-order valence-corrected chi connectivity index (χ1v) is 7.16. The molecule has 1 amide bonds. The summed E-state index contributed by atoms with van der Waals surface area (Å²) in [5.74, 6) is -1.09. The normalized spacial score (nSPS) is 10.4. The smallest absolute Gasteiger partial charge is 0.337 e. The van der Waals surface area contributed by atoms with Gasteiger partial charge in [-0.1, -0.05) is 12.1 Å². The Bertz CT molecular complexity index is 920. The highest BCUT2D eigenvalue weighted by Gasteiger charge is 2.15. The number of carbonyl (C=O) groups excluding carboxylic acids is 2. The zero-order valence-corrected chi connectivity index (χ0v) is 12.8. The third-order valence-electron chi connectivity index (χ3n) is 3.56. The van der Waals surface area contributed by atoms with E-state index in [4.69, 9.17) is 0 Å². The molecule has 1 aromatic heterocycles. The van der Waals surface area contributed by atoms with Gasteiger partial charge in [-0.05, 0) is 36.4 Å². The van der Waals surface area contributed by atoms with E-state index < -0.39 is 11.9 Å². The molecular formula is C18H14N2O4. The lowest BCUT2D eigenvalue weighted by Crippen LogP contribution is -2.12. The summed E-state index contributed by atoms with van der Waals surface area (Å²) in [4.78, 5) is 27.8. The highest BCUT2D eigenvalue weighted by molar-refractivity contribution is 6.09. The zero-order valence-electron chi connectivity index (χ0n) is 12.8. The van der Waals surface area contributed by atoms with Gasteiger partial charge in [0.2, 0.25) is 0 Å². The van der Waals surface area contributed by atoms with Gasteiger partial charge in [0.15, 0.2) is 5.75 Å². The van der Waals surface area contributed by atoms with Crippen LogP contribution in [-0.4, -0.2) is 29.1 Å². The molecule has 0 saturated carbocycles.